The third kappa shape index (κ3) is 4.94. The summed E-state index contributed by atoms with van der Waals surface area (Å²) in [4.78, 5) is 0. The first-order valence-electron chi connectivity index (χ1n) is 21.5. The molecule has 0 fully saturated rings. The maximum atomic E-state index is 2.52. The molecule has 0 heteroatoms. The molecule has 0 saturated heterocycles. The fourth-order valence-electron chi connectivity index (χ4n) is 11.1. The van der Waals surface area contributed by atoms with Crippen molar-refractivity contribution in [1.29, 1.82) is 0 Å². The zero-order chi connectivity index (χ0) is 40.4. The van der Waals surface area contributed by atoms with E-state index in [1.54, 1.807) is 0 Å². The fraction of sp³-hybridized carbons (Fsp3) is 0.0492. The summed E-state index contributed by atoms with van der Waals surface area (Å²) in [6.07, 6.45) is 0. The van der Waals surface area contributed by atoms with Crippen LogP contribution in [0.4, 0.5) is 0 Å². The Bertz CT molecular complexity index is 3770. The molecule has 0 heterocycles. The van der Waals surface area contributed by atoms with Gasteiger partial charge in [0, 0.05) is 5.41 Å². The standard InChI is InChI=1S/C61H40/c1-61(2)56-32-30-39-14-5-6-16-44(39)60(56)55-35-53-46-18-8-7-17-45(46)52-34-42(29-31-47(52)54(53)36-57(55)61)38-23-26-40(27-24-38)58-48-19-9-11-21-50(48)59(51-22-12-10-20-49(51)58)43-28-25-37-13-3-4-15-41(37)33-43/h3-36H,1-2H3. The molecular weight excluding hydrogens is 733 g/mol. The van der Waals surface area contributed by atoms with Crippen LogP contribution >= 0.6 is 0 Å². The van der Waals surface area contributed by atoms with E-state index in [2.05, 4.69) is 220 Å². The molecule has 0 spiro atoms. The van der Waals surface area contributed by atoms with Crippen LogP contribution in [-0.2, 0) is 5.41 Å². The van der Waals surface area contributed by atoms with E-state index in [9.17, 15) is 0 Å². The normalized spacial score (nSPS) is 13.2. The van der Waals surface area contributed by atoms with Crippen LogP contribution in [0.15, 0.2) is 206 Å². The smallest absolute Gasteiger partial charge is 0.0159 e. The zero-order valence-corrected chi connectivity index (χ0v) is 34.1. The van der Waals surface area contributed by atoms with Crippen LogP contribution in [-0.4, -0.2) is 0 Å². The van der Waals surface area contributed by atoms with Gasteiger partial charge in [0.2, 0.25) is 0 Å². The average Bonchev–Trinajstić information content (AvgIpc) is 3.55. The van der Waals surface area contributed by atoms with Crippen molar-refractivity contribution in [3.63, 3.8) is 0 Å². The van der Waals surface area contributed by atoms with Crippen molar-refractivity contribution < 1.29 is 0 Å². The summed E-state index contributed by atoms with van der Waals surface area (Å²) in [6.45, 7) is 4.79. The Kier molecular flexibility index (Phi) is 7.17. The molecule has 0 saturated carbocycles. The maximum Gasteiger partial charge on any atom is 0.0159 e. The molecule has 61 heavy (non-hydrogen) atoms. The Morgan fingerprint density at radius 2 is 0.705 bits per heavy atom. The zero-order valence-electron chi connectivity index (χ0n) is 34.1. The lowest BCUT2D eigenvalue weighted by molar-refractivity contribution is 0.662. The lowest BCUT2D eigenvalue weighted by atomic mass is 9.81. The van der Waals surface area contributed by atoms with Crippen molar-refractivity contribution in [2.75, 3.05) is 0 Å². The van der Waals surface area contributed by atoms with Gasteiger partial charge in [0.1, 0.15) is 0 Å². The van der Waals surface area contributed by atoms with E-state index >= 15 is 0 Å². The van der Waals surface area contributed by atoms with Crippen LogP contribution < -0.4 is 0 Å². The minimum absolute atomic E-state index is 0.101. The van der Waals surface area contributed by atoms with E-state index in [1.165, 1.54) is 131 Å². The molecule has 0 radical (unpaired) electrons. The number of benzene rings is 12. The van der Waals surface area contributed by atoms with Gasteiger partial charge in [-0.1, -0.05) is 196 Å². The third-order valence-corrected chi connectivity index (χ3v) is 14.0. The Labute approximate surface area is 355 Å². The lowest BCUT2D eigenvalue weighted by Gasteiger charge is -2.22. The van der Waals surface area contributed by atoms with Gasteiger partial charge in [0.15, 0.2) is 0 Å². The largest absolute Gasteiger partial charge is 0.0616 e. The van der Waals surface area contributed by atoms with Gasteiger partial charge in [0.25, 0.3) is 0 Å². The molecule has 0 bridgehead atoms. The molecular formula is C61H40. The Balaban J connectivity index is 0.962. The minimum Gasteiger partial charge on any atom is -0.0616 e. The molecule has 12 aromatic rings. The van der Waals surface area contributed by atoms with Crippen molar-refractivity contribution in [2.24, 2.45) is 0 Å². The highest BCUT2D eigenvalue weighted by molar-refractivity contribution is 6.27. The summed E-state index contributed by atoms with van der Waals surface area (Å²) < 4.78 is 0. The summed E-state index contributed by atoms with van der Waals surface area (Å²) >= 11 is 0. The van der Waals surface area contributed by atoms with Crippen molar-refractivity contribution >= 4 is 75.4 Å². The van der Waals surface area contributed by atoms with Crippen LogP contribution in [0.2, 0.25) is 0 Å². The van der Waals surface area contributed by atoms with Crippen LogP contribution in [0, 0.1) is 0 Å². The SMILES string of the molecule is CC1(C)c2cc3c4ccc(-c5ccc(-c6c7ccccc7c(-c7ccc8ccccc8c7)c7ccccc67)cc5)cc4c4ccccc4c3cc2-c2c1ccc1ccccc21. The van der Waals surface area contributed by atoms with Crippen molar-refractivity contribution in [3.8, 4) is 44.5 Å². The molecule has 0 aromatic heterocycles. The second-order valence-electron chi connectivity index (χ2n) is 17.6. The average molecular weight is 773 g/mol. The van der Waals surface area contributed by atoms with Gasteiger partial charge in [-0.05, 0) is 155 Å². The summed E-state index contributed by atoms with van der Waals surface area (Å²) in [5.41, 5.74) is 13.0. The van der Waals surface area contributed by atoms with E-state index in [0.717, 1.165) is 0 Å². The molecule has 0 N–H and O–H groups in total. The van der Waals surface area contributed by atoms with Crippen molar-refractivity contribution in [1.82, 2.24) is 0 Å². The number of hydrogen-bond acceptors (Lipinski definition) is 0. The summed E-state index contributed by atoms with van der Waals surface area (Å²) in [6, 6.07) is 77.4. The minimum atomic E-state index is -0.101. The van der Waals surface area contributed by atoms with E-state index in [-0.39, 0.29) is 5.41 Å². The second kappa shape index (κ2) is 12.7. The summed E-state index contributed by atoms with van der Waals surface area (Å²) in [7, 11) is 0. The van der Waals surface area contributed by atoms with E-state index in [1.807, 2.05) is 0 Å². The van der Waals surface area contributed by atoms with E-state index in [0.29, 0.717) is 0 Å². The fourth-order valence-corrected chi connectivity index (χ4v) is 11.1. The molecule has 0 unspecified atom stereocenters. The lowest BCUT2D eigenvalue weighted by Crippen LogP contribution is -2.14. The van der Waals surface area contributed by atoms with E-state index in [4.69, 9.17) is 0 Å². The van der Waals surface area contributed by atoms with Crippen molar-refractivity contribution in [3.05, 3.63) is 217 Å². The molecule has 0 nitrogen and oxygen atoms in total. The van der Waals surface area contributed by atoms with Gasteiger partial charge in [-0.25, -0.2) is 0 Å². The van der Waals surface area contributed by atoms with Crippen LogP contribution in [0.25, 0.3) is 120 Å². The molecule has 1 aliphatic rings. The monoisotopic (exact) mass is 772 g/mol. The van der Waals surface area contributed by atoms with Crippen LogP contribution in [0.1, 0.15) is 25.0 Å². The first kappa shape index (κ1) is 34.3. The highest BCUT2D eigenvalue weighted by Gasteiger charge is 2.37. The molecule has 13 rings (SSSR count). The van der Waals surface area contributed by atoms with Gasteiger partial charge in [-0.15, -0.1) is 0 Å². The molecule has 12 aromatic carbocycles. The van der Waals surface area contributed by atoms with Gasteiger partial charge in [0.05, 0.1) is 0 Å². The quantitative estimate of drug-likeness (QED) is 0.124. The number of hydrogen-bond donors (Lipinski definition) is 0. The third-order valence-electron chi connectivity index (χ3n) is 14.0. The molecule has 284 valence electrons. The maximum absolute atomic E-state index is 2.52. The van der Waals surface area contributed by atoms with Gasteiger partial charge >= 0.3 is 0 Å². The first-order valence-corrected chi connectivity index (χ1v) is 21.5. The van der Waals surface area contributed by atoms with Crippen molar-refractivity contribution in [2.45, 2.75) is 19.3 Å². The Morgan fingerprint density at radius 3 is 1.38 bits per heavy atom. The molecule has 0 atom stereocenters. The highest BCUT2D eigenvalue weighted by Crippen LogP contribution is 2.54. The predicted octanol–water partition coefficient (Wildman–Crippen LogP) is 17.1. The Morgan fingerprint density at radius 1 is 0.246 bits per heavy atom. The molecule has 1 aliphatic carbocycles. The Hall–Kier alpha value is -7.54. The molecule has 0 aliphatic heterocycles. The van der Waals surface area contributed by atoms with E-state index < -0.39 is 0 Å². The number of rotatable bonds is 3. The summed E-state index contributed by atoms with van der Waals surface area (Å²) in [5, 5.41) is 18.1. The highest BCUT2D eigenvalue weighted by atomic mass is 14.4. The van der Waals surface area contributed by atoms with Gasteiger partial charge in [-0.2, -0.15) is 0 Å². The topological polar surface area (TPSA) is 0 Å². The predicted molar refractivity (Wildman–Crippen MR) is 263 cm³/mol. The first-order chi connectivity index (χ1) is 30.0. The summed E-state index contributed by atoms with van der Waals surface area (Å²) in [5.74, 6) is 0. The van der Waals surface area contributed by atoms with Gasteiger partial charge < -0.3 is 0 Å². The second-order valence-corrected chi connectivity index (χ2v) is 17.6. The van der Waals surface area contributed by atoms with Crippen LogP contribution in [0.5, 0.6) is 0 Å². The number of fused-ring (bicyclic) bond motifs is 14. The van der Waals surface area contributed by atoms with Gasteiger partial charge in [-0.3, -0.25) is 0 Å². The van der Waals surface area contributed by atoms with Crippen LogP contribution in [0.3, 0.4) is 0 Å². The molecule has 0 amide bonds.